The van der Waals surface area contributed by atoms with Crippen molar-refractivity contribution >= 4 is 11.6 Å². The molecule has 3 N–H and O–H groups in total. The van der Waals surface area contributed by atoms with Gasteiger partial charge in [0.05, 0.1) is 6.54 Å². The second-order valence-electron chi connectivity index (χ2n) is 5.45. The summed E-state index contributed by atoms with van der Waals surface area (Å²) in [7, 11) is 2.01. The third kappa shape index (κ3) is 4.04. The Balaban J connectivity index is 1.85. The van der Waals surface area contributed by atoms with Crippen LogP contribution in [0.3, 0.4) is 0 Å². The number of nitrogens with one attached hydrogen (secondary N) is 1. The van der Waals surface area contributed by atoms with Crippen molar-refractivity contribution in [3.63, 3.8) is 0 Å². The fourth-order valence-electron chi connectivity index (χ4n) is 2.29. The largest absolute Gasteiger partial charge is 0.326 e. The molecule has 1 fully saturated rings. The van der Waals surface area contributed by atoms with Crippen molar-refractivity contribution in [2.75, 3.05) is 18.9 Å². The van der Waals surface area contributed by atoms with Gasteiger partial charge >= 0.3 is 0 Å². The number of carbonyl (C=O) groups is 1. The van der Waals surface area contributed by atoms with Crippen molar-refractivity contribution in [2.24, 2.45) is 11.7 Å². The molecule has 0 aliphatic heterocycles. The average molecular weight is 261 g/mol. The first-order valence-corrected chi connectivity index (χ1v) is 6.89. The number of nitrogens with zero attached hydrogens (tertiary/aromatic N) is 1. The molecule has 1 unspecified atom stereocenters. The van der Waals surface area contributed by atoms with Gasteiger partial charge in [-0.2, -0.15) is 0 Å². The first kappa shape index (κ1) is 14.0. The Kier molecular flexibility index (Phi) is 4.56. The standard InChI is InChI=1S/C15H23N3O/c1-11(13-6-7-13)18(2)10-15(19)17-14-5-3-4-12(8-14)9-16/h3-5,8,11,13H,6-7,9-10,16H2,1-2H3,(H,17,19). The normalized spacial score (nSPS) is 16.4. The molecule has 0 radical (unpaired) electrons. The molecule has 19 heavy (non-hydrogen) atoms. The number of rotatable bonds is 6. The third-order valence-electron chi connectivity index (χ3n) is 3.84. The maximum Gasteiger partial charge on any atom is 0.238 e. The van der Waals surface area contributed by atoms with Gasteiger partial charge in [-0.05, 0) is 50.4 Å². The summed E-state index contributed by atoms with van der Waals surface area (Å²) in [5.74, 6) is 0.808. The fourth-order valence-corrected chi connectivity index (χ4v) is 2.29. The second kappa shape index (κ2) is 6.17. The number of nitrogens with two attached hydrogens (primary N) is 1. The van der Waals surface area contributed by atoms with E-state index in [9.17, 15) is 4.79 Å². The van der Waals surface area contributed by atoms with Crippen molar-refractivity contribution in [1.82, 2.24) is 4.90 Å². The van der Waals surface area contributed by atoms with Crippen LogP contribution < -0.4 is 11.1 Å². The summed E-state index contributed by atoms with van der Waals surface area (Å²) in [6.07, 6.45) is 2.59. The minimum Gasteiger partial charge on any atom is -0.326 e. The predicted molar refractivity (Wildman–Crippen MR) is 77.8 cm³/mol. The quantitative estimate of drug-likeness (QED) is 0.821. The highest BCUT2D eigenvalue weighted by Gasteiger charge is 2.30. The molecule has 1 aliphatic rings. The van der Waals surface area contributed by atoms with Crippen LogP contribution in [0.15, 0.2) is 24.3 Å². The zero-order valence-electron chi connectivity index (χ0n) is 11.7. The lowest BCUT2D eigenvalue weighted by atomic mass is 10.2. The van der Waals surface area contributed by atoms with E-state index >= 15 is 0 Å². The maximum absolute atomic E-state index is 12.0. The summed E-state index contributed by atoms with van der Waals surface area (Å²) in [5, 5.41) is 2.93. The molecular weight excluding hydrogens is 238 g/mol. The lowest BCUT2D eigenvalue weighted by molar-refractivity contribution is -0.117. The number of amides is 1. The molecule has 1 atom stereocenters. The Morgan fingerprint density at radius 3 is 2.89 bits per heavy atom. The van der Waals surface area contributed by atoms with Gasteiger partial charge < -0.3 is 11.1 Å². The lowest BCUT2D eigenvalue weighted by Gasteiger charge is -2.23. The van der Waals surface area contributed by atoms with Crippen LogP contribution in [0.2, 0.25) is 0 Å². The highest BCUT2D eigenvalue weighted by atomic mass is 16.2. The molecule has 4 heteroatoms. The Hall–Kier alpha value is -1.39. The van der Waals surface area contributed by atoms with Crippen LogP contribution in [0, 0.1) is 5.92 Å². The number of benzene rings is 1. The van der Waals surface area contributed by atoms with Crippen molar-refractivity contribution < 1.29 is 4.79 Å². The van der Waals surface area contributed by atoms with Crippen LogP contribution >= 0.6 is 0 Å². The summed E-state index contributed by atoms with van der Waals surface area (Å²) < 4.78 is 0. The van der Waals surface area contributed by atoms with E-state index in [1.165, 1.54) is 12.8 Å². The summed E-state index contributed by atoms with van der Waals surface area (Å²) >= 11 is 0. The van der Waals surface area contributed by atoms with Gasteiger partial charge in [0.25, 0.3) is 0 Å². The van der Waals surface area contributed by atoms with E-state index in [4.69, 9.17) is 5.73 Å². The Bertz CT molecular complexity index is 443. The first-order chi connectivity index (χ1) is 9.10. The van der Waals surface area contributed by atoms with Gasteiger partial charge in [0.1, 0.15) is 0 Å². The topological polar surface area (TPSA) is 58.4 Å². The molecule has 0 saturated heterocycles. The minimum atomic E-state index is 0.0316. The van der Waals surface area contributed by atoms with Crippen LogP contribution in [-0.4, -0.2) is 30.4 Å². The summed E-state index contributed by atoms with van der Waals surface area (Å²) in [6.45, 7) is 3.12. The van der Waals surface area contributed by atoms with Crippen LogP contribution in [0.5, 0.6) is 0 Å². The van der Waals surface area contributed by atoms with Gasteiger partial charge in [0.15, 0.2) is 0 Å². The summed E-state index contributed by atoms with van der Waals surface area (Å²) in [4.78, 5) is 14.1. The number of likely N-dealkylation sites (N-methyl/N-ethyl adjacent to an activating group) is 1. The minimum absolute atomic E-state index is 0.0316. The zero-order chi connectivity index (χ0) is 13.8. The van der Waals surface area contributed by atoms with Crippen LogP contribution in [0.4, 0.5) is 5.69 Å². The molecule has 2 rings (SSSR count). The predicted octanol–water partition coefficient (Wildman–Crippen LogP) is 1.81. The van der Waals surface area contributed by atoms with Gasteiger partial charge in [0, 0.05) is 18.3 Å². The van der Waals surface area contributed by atoms with Crippen molar-refractivity contribution in [2.45, 2.75) is 32.4 Å². The highest BCUT2D eigenvalue weighted by molar-refractivity contribution is 5.92. The van der Waals surface area contributed by atoms with Gasteiger partial charge in [-0.15, -0.1) is 0 Å². The van der Waals surface area contributed by atoms with Gasteiger partial charge in [-0.25, -0.2) is 0 Å². The number of anilines is 1. The molecule has 0 aromatic heterocycles. The van der Waals surface area contributed by atoms with Gasteiger partial charge in [-0.3, -0.25) is 9.69 Å². The fraction of sp³-hybridized carbons (Fsp3) is 0.533. The first-order valence-electron chi connectivity index (χ1n) is 6.89. The number of hydrogen-bond donors (Lipinski definition) is 2. The van der Waals surface area contributed by atoms with Crippen LogP contribution in [-0.2, 0) is 11.3 Å². The van der Waals surface area contributed by atoms with Crippen molar-refractivity contribution in [1.29, 1.82) is 0 Å². The molecule has 1 aromatic rings. The number of hydrogen-bond acceptors (Lipinski definition) is 3. The van der Waals surface area contributed by atoms with E-state index in [0.717, 1.165) is 17.2 Å². The van der Waals surface area contributed by atoms with E-state index in [1.54, 1.807) is 0 Å². The zero-order valence-corrected chi connectivity index (χ0v) is 11.7. The second-order valence-corrected chi connectivity index (χ2v) is 5.45. The van der Waals surface area contributed by atoms with E-state index in [-0.39, 0.29) is 5.91 Å². The number of carbonyl (C=O) groups excluding carboxylic acids is 1. The maximum atomic E-state index is 12.0. The Morgan fingerprint density at radius 2 is 2.26 bits per heavy atom. The molecular formula is C15H23N3O. The molecule has 4 nitrogen and oxygen atoms in total. The van der Waals surface area contributed by atoms with E-state index in [0.29, 0.717) is 19.1 Å². The monoisotopic (exact) mass is 261 g/mol. The highest BCUT2D eigenvalue weighted by Crippen LogP contribution is 2.34. The average Bonchev–Trinajstić information content (AvgIpc) is 3.22. The summed E-state index contributed by atoms with van der Waals surface area (Å²) in [6, 6.07) is 8.16. The summed E-state index contributed by atoms with van der Waals surface area (Å²) in [5.41, 5.74) is 7.43. The molecule has 0 spiro atoms. The molecule has 0 bridgehead atoms. The van der Waals surface area contributed by atoms with Crippen LogP contribution in [0.1, 0.15) is 25.3 Å². The van der Waals surface area contributed by atoms with Gasteiger partial charge in [-0.1, -0.05) is 12.1 Å². The smallest absolute Gasteiger partial charge is 0.238 e. The molecule has 1 amide bonds. The Morgan fingerprint density at radius 1 is 1.53 bits per heavy atom. The van der Waals surface area contributed by atoms with E-state index < -0.39 is 0 Å². The van der Waals surface area contributed by atoms with E-state index in [1.807, 2.05) is 31.3 Å². The van der Waals surface area contributed by atoms with Crippen molar-refractivity contribution in [3.8, 4) is 0 Å². The van der Waals surface area contributed by atoms with Gasteiger partial charge in [0.2, 0.25) is 5.91 Å². The molecule has 1 aliphatic carbocycles. The molecule has 1 saturated carbocycles. The molecule has 0 heterocycles. The van der Waals surface area contributed by atoms with E-state index in [2.05, 4.69) is 17.1 Å². The van der Waals surface area contributed by atoms with Crippen LogP contribution in [0.25, 0.3) is 0 Å². The molecule has 1 aromatic carbocycles. The Labute approximate surface area is 115 Å². The van der Waals surface area contributed by atoms with Crippen molar-refractivity contribution in [3.05, 3.63) is 29.8 Å². The third-order valence-corrected chi connectivity index (χ3v) is 3.84. The molecule has 104 valence electrons. The SMILES string of the molecule is CC(C1CC1)N(C)CC(=O)Nc1cccc(CN)c1. The lowest BCUT2D eigenvalue weighted by Crippen LogP contribution is -2.37.